The molecule has 1 aromatic rings. The molecule has 0 aromatic heterocycles. The second-order valence-electron chi connectivity index (χ2n) is 6.61. The van der Waals surface area contributed by atoms with E-state index in [4.69, 9.17) is 4.74 Å². The third-order valence-corrected chi connectivity index (χ3v) is 4.51. The summed E-state index contributed by atoms with van der Waals surface area (Å²) in [5.41, 5.74) is 1.61. The van der Waals surface area contributed by atoms with Crippen molar-refractivity contribution in [3.05, 3.63) is 35.9 Å². The Labute approximate surface area is 129 Å². The molecule has 2 atom stereocenters. The Bertz CT molecular complexity index is 420. The minimum absolute atomic E-state index is 0.211. The van der Waals surface area contributed by atoms with E-state index in [-0.39, 0.29) is 5.54 Å². The summed E-state index contributed by atoms with van der Waals surface area (Å²) < 4.78 is 5.77. The fraction of sp³-hybridized carbons (Fsp3) is 0.667. The zero-order valence-corrected chi connectivity index (χ0v) is 13.9. The topological polar surface area (TPSA) is 24.5 Å². The van der Waals surface area contributed by atoms with E-state index in [2.05, 4.69) is 68.2 Å². The van der Waals surface area contributed by atoms with E-state index in [1.807, 2.05) is 0 Å². The fourth-order valence-corrected chi connectivity index (χ4v) is 2.97. The van der Waals surface area contributed by atoms with Gasteiger partial charge < -0.3 is 10.1 Å². The maximum absolute atomic E-state index is 5.77. The standard InChI is InChI=1S/C18H30N2O/c1-5-18(4)14-20(11-12-21-15(2)3)17(13-19-18)16-9-7-6-8-10-16/h6-10,15,17,19H,5,11-14H2,1-4H3. The summed E-state index contributed by atoms with van der Waals surface area (Å²) in [5.74, 6) is 0. The molecule has 118 valence electrons. The lowest BCUT2D eigenvalue weighted by Crippen LogP contribution is -2.59. The van der Waals surface area contributed by atoms with Gasteiger partial charge in [0.05, 0.1) is 12.7 Å². The van der Waals surface area contributed by atoms with Crippen molar-refractivity contribution in [2.24, 2.45) is 0 Å². The van der Waals surface area contributed by atoms with Crippen LogP contribution in [0.2, 0.25) is 0 Å². The predicted molar refractivity (Wildman–Crippen MR) is 88.5 cm³/mol. The zero-order chi connectivity index (χ0) is 15.3. The van der Waals surface area contributed by atoms with Gasteiger partial charge in [0.1, 0.15) is 0 Å². The van der Waals surface area contributed by atoms with Crippen LogP contribution in [0.1, 0.15) is 45.7 Å². The Hall–Kier alpha value is -0.900. The second-order valence-corrected chi connectivity index (χ2v) is 6.61. The SMILES string of the molecule is CCC1(C)CN(CCOC(C)C)C(c2ccccc2)CN1. The van der Waals surface area contributed by atoms with Crippen LogP contribution in [0.3, 0.4) is 0 Å². The molecule has 1 aliphatic heterocycles. The van der Waals surface area contributed by atoms with Crippen LogP contribution in [0.4, 0.5) is 0 Å². The third-order valence-electron chi connectivity index (χ3n) is 4.51. The van der Waals surface area contributed by atoms with Crippen LogP contribution in [0.15, 0.2) is 30.3 Å². The molecule has 0 spiro atoms. The maximum Gasteiger partial charge on any atom is 0.0597 e. The summed E-state index contributed by atoms with van der Waals surface area (Å²) in [5, 5.41) is 3.74. The molecule has 0 saturated carbocycles. The summed E-state index contributed by atoms with van der Waals surface area (Å²) >= 11 is 0. The van der Waals surface area contributed by atoms with Crippen LogP contribution in [-0.4, -0.2) is 42.8 Å². The van der Waals surface area contributed by atoms with Gasteiger partial charge in [0, 0.05) is 31.2 Å². The number of benzene rings is 1. The van der Waals surface area contributed by atoms with Gasteiger partial charge in [-0.05, 0) is 32.8 Å². The molecular weight excluding hydrogens is 260 g/mol. The number of piperazine rings is 1. The highest BCUT2D eigenvalue weighted by Crippen LogP contribution is 2.28. The van der Waals surface area contributed by atoms with Crippen molar-refractivity contribution < 1.29 is 4.74 Å². The van der Waals surface area contributed by atoms with Crippen molar-refractivity contribution in [1.82, 2.24) is 10.2 Å². The minimum atomic E-state index is 0.211. The molecule has 0 bridgehead atoms. The van der Waals surface area contributed by atoms with E-state index < -0.39 is 0 Å². The number of rotatable bonds is 6. The third kappa shape index (κ3) is 4.53. The number of hydrogen-bond acceptors (Lipinski definition) is 3. The van der Waals surface area contributed by atoms with Gasteiger partial charge in [-0.2, -0.15) is 0 Å². The summed E-state index contributed by atoms with van der Waals surface area (Å²) in [6.07, 6.45) is 1.46. The summed E-state index contributed by atoms with van der Waals surface area (Å²) in [6.45, 7) is 12.7. The van der Waals surface area contributed by atoms with Crippen molar-refractivity contribution in [3.8, 4) is 0 Å². The van der Waals surface area contributed by atoms with Gasteiger partial charge in [0.15, 0.2) is 0 Å². The fourth-order valence-electron chi connectivity index (χ4n) is 2.97. The Kier molecular flexibility index (Phi) is 5.80. The zero-order valence-electron chi connectivity index (χ0n) is 13.9. The molecule has 2 unspecified atom stereocenters. The Morgan fingerprint density at radius 1 is 1.33 bits per heavy atom. The van der Waals surface area contributed by atoms with Gasteiger partial charge in [-0.1, -0.05) is 37.3 Å². The molecule has 2 rings (SSSR count). The van der Waals surface area contributed by atoms with E-state index in [0.717, 1.165) is 32.7 Å². The first-order chi connectivity index (χ1) is 10.0. The number of nitrogens with zero attached hydrogens (tertiary/aromatic N) is 1. The van der Waals surface area contributed by atoms with Gasteiger partial charge >= 0.3 is 0 Å². The Balaban J connectivity index is 2.07. The van der Waals surface area contributed by atoms with Crippen LogP contribution in [-0.2, 0) is 4.74 Å². The highest BCUT2D eigenvalue weighted by Gasteiger charge is 2.34. The first-order valence-electron chi connectivity index (χ1n) is 8.20. The lowest BCUT2D eigenvalue weighted by molar-refractivity contribution is 0.0226. The highest BCUT2D eigenvalue weighted by atomic mass is 16.5. The van der Waals surface area contributed by atoms with E-state index in [1.165, 1.54) is 5.56 Å². The minimum Gasteiger partial charge on any atom is -0.377 e. The van der Waals surface area contributed by atoms with Gasteiger partial charge in [0.2, 0.25) is 0 Å². The molecule has 1 saturated heterocycles. The molecule has 1 aromatic carbocycles. The Morgan fingerprint density at radius 2 is 2.05 bits per heavy atom. The van der Waals surface area contributed by atoms with Gasteiger partial charge in [-0.25, -0.2) is 0 Å². The van der Waals surface area contributed by atoms with Crippen LogP contribution < -0.4 is 5.32 Å². The molecule has 3 heteroatoms. The summed E-state index contributed by atoms with van der Waals surface area (Å²) in [4.78, 5) is 2.58. The number of hydrogen-bond donors (Lipinski definition) is 1. The van der Waals surface area contributed by atoms with Crippen LogP contribution >= 0.6 is 0 Å². The molecule has 0 radical (unpaired) electrons. The van der Waals surface area contributed by atoms with Crippen LogP contribution in [0.25, 0.3) is 0 Å². The van der Waals surface area contributed by atoms with E-state index in [9.17, 15) is 0 Å². The van der Waals surface area contributed by atoms with Crippen molar-refractivity contribution in [3.63, 3.8) is 0 Å². The first kappa shape index (κ1) is 16.5. The predicted octanol–water partition coefficient (Wildman–Crippen LogP) is 3.23. The summed E-state index contributed by atoms with van der Waals surface area (Å²) in [6, 6.07) is 11.3. The smallest absolute Gasteiger partial charge is 0.0597 e. The van der Waals surface area contributed by atoms with Crippen LogP contribution in [0, 0.1) is 0 Å². The molecular formula is C18H30N2O. The van der Waals surface area contributed by atoms with Gasteiger partial charge in [-0.15, -0.1) is 0 Å². The lowest BCUT2D eigenvalue weighted by atomic mass is 9.91. The van der Waals surface area contributed by atoms with E-state index in [0.29, 0.717) is 12.1 Å². The average Bonchev–Trinajstić information content (AvgIpc) is 2.48. The number of nitrogens with one attached hydrogen (secondary N) is 1. The second kappa shape index (κ2) is 7.39. The van der Waals surface area contributed by atoms with Crippen molar-refractivity contribution in [2.75, 3.05) is 26.2 Å². The normalized spacial score (nSPS) is 27.2. The molecule has 0 amide bonds. The van der Waals surface area contributed by atoms with E-state index >= 15 is 0 Å². The molecule has 1 aliphatic rings. The molecule has 21 heavy (non-hydrogen) atoms. The molecule has 1 fully saturated rings. The highest BCUT2D eigenvalue weighted by molar-refractivity contribution is 5.20. The van der Waals surface area contributed by atoms with Gasteiger partial charge in [-0.3, -0.25) is 4.90 Å². The van der Waals surface area contributed by atoms with Crippen LogP contribution in [0.5, 0.6) is 0 Å². The summed E-state index contributed by atoms with van der Waals surface area (Å²) in [7, 11) is 0. The number of ether oxygens (including phenoxy) is 1. The van der Waals surface area contributed by atoms with Gasteiger partial charge in [0.25, 0.3) is 0 Å². The largest absolute Gasteiger partial charge is 0.377 e. The molecule has 0 aliphatic carbocycles. The monoisotopic (exact) mass is 290 g/mol. The molecule has 1 heterocycles. The van der Waals surface area contributed by atoms with Crippen molar-refractivity contribution >= 4 is 0 Å². The Morgan fingerprint density at radius 3 is 2.67 bits per heavy atom. The van der Waals surface area contributed by atoms with Crippen molar-refractivity contribution in [1.29, 1.82) is 0 Å². The lowest BCUT2D eigenvalue weighted by Gasteiger charge is -2.46. The molecule has 1 N–H and O–H groups in total. The average molecular weight is 290 g/mol. The van der Waals surface area contributed by atoms with Crippen molar-refractivity contribution in [2.45, 2.75) is 51.8 Å². The van der Waals surface area contributed by atoms with E-state index in [1.54, 1.807) is 0 Å². The first-order valence-corrected chi connectivity index (χ1v) is 8.20. The maximum atomic E-state index is 5.77. The molecule has 3 nitrogen and oxygen atoms in total. The quantitative estimate of drug-likeness (QED) is 0.870.